The Morgan fingerprint density at radius 1 is 1.29 bits per heavy atom. The van der Waals surface area contributed by atoms with E-state index in [0.29, 0.717) is 0 Å². The molecule has 0 radical (unpaired) electrons. The van der Waals surface area contributed by atoms with Gasteiger partial charge in [0.2, 0.25) is 0 Å². The van der Waals surface area contributed by atoms with E-state index in [9.17, 15) is 5.11 Å². The molecule has 100 valence electrons. The summed E-state index contributed by atoms with van der Waals surface area (Å²) in [5.74, 6) is -0.551. The highest BCUT2D eigenvalue weighted by atomic mass is 16.8. The fourth-order valence-corrected chi connectivity index (χ4v) is 2.74. The van der Waals surface area contributed by atoms with Crippen molar-refractivity contribution in [3.8, 4) is 0 Å². The minimum absolute atomic E-state index is 0.0777. The summed E-state index contributed by atoms with van der Waals surface area (Å²) in [5.41, 5.74) is 0. The van der Waals surface area contributed by atoms with Gasteiger partial charge in [0.25, 0.3) is 0 Å². The minimum Gasteiger partial charge on any atom is -0.394 e. The van der Waals surface area contributed by atoms with Crippen LogP contribution in [0.15, 0.2) is 0 Å². The maximum atomic E-state index is 9.75. The molecular formula is C12H22O5. The van der Waals surface area contributed by atoms with Crippen molar-refractivity contribution in [2.75, 3.05) is 6.61 Å². The molecule has 0 amide bonds. The van der Waals surface area contributed by atoms with Gasteiger partial charge in [-0.05, 0) is 20.3 Å². The Morgan fingerprint density at radius 3 is 2.59 bits per heavy atom. The van der Waals surface area contributed by atoms with E-state index < -0.39 is 24.3 Å². The van der Waals surface area contributed by atoms with Gasteiger partial charge < -0.3 is 24.4 Å². The molecule has 5 heteroatoms. The molecule has 2 heterocycles. The van der Waals surface area contributed by atoms with E-state index in [4.69, 9.17) is 19.3 Å². The molecule has 5 nitrogen and oxygen atoms in total. The molecule has 0 aromatic heterocycles. The van der Waals surface area contributed by atoms with Crippen LogP contribution >= 0.6 is 0 Å². The highest BCUT2D eigenvalue weighted by Crippen LogP contribution is 2.43. The van der Waals surface area contributed by atoms with Crippen LogP contribution in [0.25, 0.3) is 0 Å². The van der Waals surface area contributed by atoms with Gasteiger partial charge in [-0.2, -0.15) is 0 Å². The number of ether oxygens (including phenoxy) is 3. The van der Waals surface area contributed by atoms with Gasteiger partial charge in [-0.3, -0.25) is 0 Å². The van der Waals surface area contributed by atoms with Gasteiger partial charge in [0.15, 0.2) is 12.1 Å². The van der Waals surface area contributed by atoms with Gasteiger partial charge in [0.1, 0.15) is 12.2 Å². The molecule has 0 saturated carbocycles. The third-order valence-corrected chi connectivity index (χ3v) is 3.41. The van der Waals surface area contributed by atoms with E-state index in [-0.39, 0.29) is 18.6 Å². The van der Waals surface area contributed by atoms with Crippen molar-refractivity contribution in [2.45, 2.75) is 64.0 Å². The molecule has 2 aliphatic rings. The first kappa shape index (κ1) is 13.2. The van der Waals surface area contributed by atoms with Crippen LogP contribution in [-0.4, -0.2) is 47.2 Å². The molecule has 0 aliphatic carbocycles. The molecule has 0 bridgehead atoms. The second kappa shape index (κ2) is 4.82. The highest BCUT2D eigenvalue weighted by molar-refractivity contribution is 4.95. The van der Waals surface area contributed by atoms with Crippen LogP contribution in [0.1, 0.15) is 33.6 Å². The van der Waals surface area contributed by atoms with E-state index in [1.54, 1.807) is 0 Å². The molecule has 0 aromatic rings. The standard InChI is InChI=1S/C12H22O5/c1-4-5-7-9(8(14)6-13)15-11-10(7)16-12(2,3)17-11/h7-11,13-14H,4-6H2,1-3H3/t7-,8?,9+,10-,11-/m1/s1. The maximum Gasteiger partial charge on any atom is 0.187 e. The molecule has 2 fully saturated rings. The zero-order valence-corrected chi connectivity index (χ0v) is 10.6. The molecule has 5 atom stereocenters. The number of aliphatic hydroxyl groups is 2. The Labute approximate surface area is 102 Å². The Bertz CT molecular complexity index is 268. The van der Waals surface area contributed by atoms with E-state index in [1.807, 2.05) is 13.8 Å². The van der Waals surface area contributed by atoms with E-state index in [2.05, 4.69) is 6.92 Å². The first-order valence-electron chi connectivity index (χ1n) is 6.28. The number of fused-ring (bicyclic) bond motifs is 1. The predicted molar refractivity (Wildman–Crippen MR) is 60.2 cm³/mol. The van der Waals surface area contributed by atoms with Crippen molar-refractivity contribution in [1.82, 2.24) is 0 Å². The lowest BCUT2D eigenvalue weighted by Crippen LogP contribution is -2.38. The lowest BCUT2D eigenvalue weighted by molar-refractivity contribution is -0.222. The van der Waals surface area contributed by atoms with Crippen LogP contribution in [0.4, 0.5) is 0 Å². The SMILES string of the molecule is CCC[C@H]1[C@H]2OC(C)(C)O[C@H]2O[C@@H]1C(O)CO. The van der Waals surface area contributed by atoms with Crippen LogP contribution in [0.3, 0.4) is 0 Å². The van der Waals surface area contributed by atoms with Crippen molar-refractivity contribution in [1.29, 1.82) is 0 Å². The van der Waals surface area contributed by atoms with Gasteiger partial charge in [-0.25, -0.2) is 0 Å². The quantitative estimate of drug-likeness (QED) is 0.761. The van der Waals surface area contributed by atoms with Crippen LogP contribution in [0, 0.1) is 5.92 Å². The maximum absolute atomic E-state index is 9.75. The normalized spacial score (nSPS) is 41.5. The van der Waals surface area contributed by atoms with Crippen molar-refractivity contribution >= 4 is 0 Å². The summed E-state index contributed by atoms with van der Waals surface area (Å²) in [4.78, 5) is 0. The average molecular weight is 246 g/mol. The number of aliphatic hydroxyl groups excluding tert-OH is 2. The van der Waals surface area contributed by atoms with Crippen molar-refractivity contribution in [3.05, 3.63) is 0 Å². The lowest BCUT2D eigenvalue weighted by Gasteiger charge is -2.27. The van der Waals surface area contributed by atoms with Crippen LogP contribution < -0.4 is 0 Å². The number of hydrogen-bond donors (Lipinski definition) is 2. The number of hydrogen-bond acceptors (Lipinski definition) is 5. The largest absolute Gasteiger partial charge is 0.394 e. The monoisotopic (exact) mass is 246 g/mol. The third kappa shape index (κ3) is 2.48. The second-order valence-corrected chi connectivity index (χ2v) is 5.27. The molecule has 1 unspecified atom stereocenters. The summed E-state index contributed by atoms with van der Waals surface area (Å²) in [6.07, 6.45) is 0.0419. The fraction of sp³-hybridized carbons (Fsp3) is 1.00. The summed E-state index contributed by atoms with van der Waals surface area (Å²) in [6, 6.07) is 0. The lowest BCUT2D eigenvalue weighted by atomic mass is 9.90. The van der Waals surface area contributed by atoms with Gasteiger partial charge in [-0.15, -0.1) is 0 Å². The van der Waals surface area contributed by atoms with Crippen molar-refractivity contribution < 1.29 is 24.4 Å². The van der Waals surface area contributed by atoms with Crippen LogP contribution in [0.2, 0.25) is 0 Å². The minimum atomic E-state index is -0.868. The van der Waals surface area contributed by atoms with Crippen LogP contribution in [0.5, 0.6) is 0 Å². The summed E-state index contributed by atoms with van der Waals surface area (Å²) in [6.45, 7) is 5.49. The van der Waals surface area contributed by atoms with E-state index in [1.165, 1.54) is 0 Å². The van der Waals surface area contributed by atoms with Crippen molar-refractivity contribution in [2.24, 2.45) is 5.92 Å². The average Bonchev–Trinajstić information content (AvgIpc) is 2.72. The smallest absolute Gasteiger partial charge is 0.187 e. The summed E-state index contributed by atoms with van der Waals surface area (Å²) >= 11 is 0. The second-order valence-electron chi connectivity index (χ2n) is 5.27. The molecular weight excluding hydrogens is 224 g/mol. The van der Waals surface area contributed by atoms with Crippen molar-refractivity contribution in [3.63, 3.8) is 0 Å². The molecule has 2 N–H and O–H groups in total. The third-order valence-electron chi connectivity index (χ3n) is 3.41. The first-order valence-corrected chi connectivity index (χ1v) is 6.28. The molecule has 0 aromatic carbocycles. The fourth-order valence-electron chi connectivity index (χ4n) is 2.74. The number of rotatable bonds is 4. The van der Waals surface area contributed by atoms with Crippen LogP contribution in [-0.2, 0) is 14.2 Å². The molecule has 2 rings (SSSR count). The molecule has 0 spiro atoms. The summed E-state index contributed by atoms with van der Waals surface area (Å²) in [7, 11) is 0. The van der Waals surface area contributed by atoms with Gasteiger partial charge in [0.05, 0.1) is 12.7 Å². The Morgan fingerprint density at radius 2 is 2.00 bits per heavy atom. The predicted octanol–water partition coefficient (Wildman–Crippen LogP) is 0.632. The summed E-state index contributed by atoms with van der Waals surface area (Å²) in [5, 5.41) is 18.8. The highest BCUT2D eigenvalue weighted by Gasteiger charge is 2.55. The van der Waals surface area contributed by atoms with E-state index in [0.717, 1.165) is 12.8 Å². The van der Waals surface area contributed by atoms with Gasteiger partial charge >= 0.3 is 0 Å². The molecule has 2 saturated heterocycles. The zero-order chi connectivity index (χ0) is 12.6. The van der Waals surface area contributed by atoms with Gasteiger partial charge in [-0.1, -0.05) is 13.3 Å². The zero-order valence-electron chi connectivity index (χ0n) is 10.6. The summed E-state index contributed by atoms with van der Waals surface area (Å²) < 4.78 is 17.1. The topological polar surface area (TPSA) is 68.2 Å². The Balaban J connectivity index is 2.10. The molecule has 17 heavy (non-hydrogen) atoms. The van der Waals surface area contributed by atoms with Gasteiger partial charge in [0, 0.05) is 5.92 Å². The molecule has 2 aliphatic heterocycles. The van der Waals surface area contributed by atoms with E-state index >= 15 is 0 Å². The first-order chi connectivity index (χ1) is 7.98. The Kier molecular flexibility index (Phi) is 3.75. The Hall–Kier alpha value is -0.200.